The zero-order chi connectivity index (χ0) is 14.2. The van der Waals surface area contributed by atoms with Gasteiger partial charge in [-0.2, -0.15) is 17.0 Å². The first-order chi connectivity index (χ1) is 8.82. The van der Waals surface area contributed by atoms with E-state index in [0.717, 1.165) is 17.0 Å². The first-order valence-corrected chi connectivity index (χ1v) is 7.90. The van der Waals surface area contributed by atoms with E-state index in [1.807, 2.05) is 19.1 Å². The monoisotopic (exact) mass is 283 g/mol. The minimum absolute atomic E-state index is 0.384. The number of pyridine rings is 1. The van der Waals surface area contributed by atoms with Crippen molar-refractivity contribution >= 4 is 10.2 Å². The van der Waals surface area contributed by atoms with Crippen LogP contribution in [0.3, 0.4) is 0 Å². The fourth-order valence-corrected chi connectivity index (χ4v) is 3.45. The number of aromatic nitrogens is 1. The fourth-order valence-electron chi connectivity index (χ4n) is 2.13. The van der Waals surface area contributed by atoms with Crippen LogP contribution < -0.4 is 0 Å². The number of aryl methyl sites for hydroxylation is 1. The van der Waals surface area contributed by atoms with Crippen LogP contribution in [0.15, 0.2) is 12.1 Å². The van der Waals surface area contributed by atoms with Gasteiger partial charge in [0.05, 0.1) is 0 Å². The quantitative estimate of drug-likeness (QED) is 0.845. The van der Waals surface area contributed by atoms with Gasteiger partial charge in [0.2, 0.25) is 0 Å². The zero-order valence-electron chi connectivity index (χ0n) is 11.9. The summed E-state index contributed by atoms with van der Waals surface area (Å²) >= 11 is 0. The summed E-state index contributed by atoms with van der Waals surface area (Å²) in [7, 11) is -1.65. The van der Waals surface area contributed by atoms with Crippen LogP contribution in [0.2, 0.25) is 0 Å². The maximum absolute atomic E-state index is 12.0. The SMILES string of the molecule is Cc1nc(C(C)C)ccc1CN1CCN(C)S1(=O)=O. The summed E-state index contributed by atoms with van der Waals surface area (Å²) in [5.74, 6) is 0.384. The summed E-state index contributed by atoms with van der Waals surface area (Å²) in [6.45, 7) is 7.64. The molecule has 0 spiro atoms. The third kappa shape index (κ3) is 2.80. The Labute approximate surface area is 115 Å². The Morgan fingerprint density at radius 3 is 2.47 bits per heavy atom. The molecule has 1 aromatic rings. The fraction of sp³-hybridized carbons (Fsp3) is 0.615. The summed E-state index contributed by atoms with van der Waals surface area (Å²) in [6.07, 6.45) is 0. The third-order valence-electron chi connectivity index (χ3n) is 3.54. The first kappa shape index (κ1) is 14.4. The van der Waals surface area contributed by atoms with Crippen molar-refractivity contribution in [3.05, 3.63) is 29.1 Å². The average molecular weight is 283 g/mol. The molecule has 1 saturated heterocycles. The van der Waals surface area contributed by atoms with Gasteiger partial charge in [-0.1, -0.05) is 19.9 Å². The summed E-state index contributed by atoms with van der Waals surface area (Å²) in [6, 6.07) is 3.98. The molecule has 0 saturated carbocycles. The smallest absolute Gasteiger partial charge is 0.258 e. The minimum atomic E-state index is -3.27. The third-order valence-corrected chi connectivity index (χ3v) is 5.47. The Hall–Kier alpha value is -0.980. The van der Waals surface area contributed by atoms with Crippen molar-refractivity contribution in [2.75, 3.05) is 20.1 Å². The Kier molecular flexibility index (Phi) is 3.94. The summed E-state index contributed by atoms with van der Waals surface area (Å²) in [5, 5.41) is 0. The van der Waals surface area contributed by atoms with Crippen LogP contribution in [0.5, 0.6) is 0 Å². The topological polar surface area (TPSA) is 53.5 Å². The molecule has 0 aromatic carbocycles. The van der Waals surface area contributed by atoms with Crippen molar-refractivity contribution < 1.29 is 8.42 Å². The van der Waals surface area contributed by atoms with E-state index in [4.69, 9.17) is 0 Å². The molecule has 2 heterocycles. The Balaban J connectivity index is 2.21. The molecule has 0 amide bonds. The molecule has 6 heteroatoms. The lowest BCUT2D eigenvalue weighted by Gasteiger charge is -2.17. The molecular formula is C13H21N3O2S. The van der Waals surface area contributed by atoms with Gasteiger partial charge in [-0.3, -0.25) is 4.98 Å². The molecular weight excluding hydrogens is 262 g/mol. The zero-order valence-corrected chi connectivity index (χ0v) is 12.7. The molecule has 5 nitrogen and oxygen atoms in total. The van der Waals surface area contributed by atoms with E-state index in [1.54, 1.807) is 7.05 Å². The lowest BCUT2D eigenvalue weighted by atomic mass is 10.1. The Bertz CT molecular complexity index is 569. The molecule has 19 heavy (non-hydrogen) atoms. The maximum Gasteiger partial charge on any atom is 0.282 e. The molecule has 1 fully saturated rings. The van der Waals surface area contributed by atoms with Crippen LogP contribution in [0.4, 0.5) is 0 Å². The number of nitrogens with zero attached hydrogens (tertiary/aromatic N) is 3. The van der Waals surface area contributed by atoms with Crippen molar-refractivity contribution in [1.29, 1.82) is 0 Å². The van der Waals surface area contributed by atoms with Crippen LogP contribution >= 0.6 is 0 Å². The van der Waals surface area contributed by atoms with E-state index in [2.05, 4.69) is 18.8 Å². The second-order valence-electron chi connectivity index (χ2n) is 5.30. The average Bonchev–Trinajstić information content (AvgIpc) is 2.58. The molecule has 0 bridgehead atoms. The van der Waals surface area contributed by atoms with Gasteiger partial charge in [-0.05, 0) is 24.5 Å². The van der Waals surface area contributed by atoms with Gasteiger partial charge in [-0.25, -0.2) is 0 Å². The summed E-state index contributed by atoms with van der Waals surface area (Å²) in [5.41, 5.74) is 2.93. The highest BCUT2D eigenvalue weighted by Crippen LogP contribution is 2.20. The van der Waals surface area contributed by atoms with Gasteiger partial charge < -0.3 is 0 Å². The standard InChI is InChI=1S/C13H21N3O2S/c1-10(2)13-6-5-12(11(3)14-13)9-16-8-7-15(4)19(16,17)18/h5-6,10H,7-9H2,1-4H3. The highest BCUT2D eigenvalue weighted by atomic mass is 32.2. The molecule has 106 valence electrons. The van der Waals surface area contributed by atoms with Crippen LogP contribution in [0.25, 0.3) is 0 Å². The predicted octanol–water partition coefficient (Wildman–Crippen LogP) is 1.51. The highest BCUT2D eigenvalue weighted by molar-refractivity contribution is 7.86. The van der Waals surface area contributed by atoms with Crippen LogP contribution in [0, 0.1) is 6.92 Å². The normalized spacial score (nSPS) is 20.3. The second-order valence-corrected chi connectivity index (χ2v) is 7.33. The van der Waals surface area contributed by atoms with Crippen molar-refractivity contribution in [3.8, 4) is 0 Å². The van der Waals surface area contributed by atoms with Gasteiger partial charge in [0.1, 0.15) is 0 Å². The molecule has 2 rings (SSSR count). The molecule has 0 N–H and O–H groups in total. The molecule has 1 aliphatic rings. The highest BCUT2D eigenvalue weighted by Gasteiger charge is 2.33. The lowest BCUT2D eigenvalue weighted by Crippen LogP contribution is -2.30. The predicted molar refractivity (Wildman–Crippen MR) is 75.0 cm³/mol. The number of likely N-dealkylation sites (N-methyl/N-ethyl adjacent to an activating group) is 1. The number of hydrogen-bond acceptors (Lipinski definition) is 3. The van der Waals surface area contributed by atoms with Gasteiger partial charge in [0.15, 0.2) is 0 Å². The van der Waals surface area contributed by atoms with Crippen LogP contribution in [-0.4, -0.2) is 42.1 Å². The van der Waals surface area contributed by atoms with Gasteiger partial charge in [0.25, 0.3) is 10.2 Å². The van der Waals surface area contributed by atoms with E-state index in [1.165, 1.54) is 8.61 Å². The van der Waals surface area contributed by atoms with E-state index in [9.17, 15) is 8.42 Å². The van der Waals surface area contributed by atoms with Crippen molar-refractivity contribution in [2.45, 2.75) is 33.2 Å². The van der Waals surface area contributed by atoms with Crippen LogP contribution in [-0.2, 0) is 16.8 Å². The first-order valence-electron chi connectivity index (χ1n) is 6.50. The van der Waals surface area contributed by atoms with E-state index >= 15 is 0 Å². The number of hydrogen-bond donors (Lipinski definition) is 0. The lowest BCUT2D eigenvalue weighted by molar-refractivity contribution is 0.443. The van der Waals surface area contributed by atoms with Crippen molar-refractivity contribution in [3.63, 3.8) is 0 Å². The van der Waals surface area contributed by atoms with E-state index < -0.39 is 10.2 Å². The molecule has 1 aromatic heterocycles. The number of rotatable bonds is 3. The van der Waals surface area contributed by atoms with E-state index in [0.29, 0.717) is 25.6 Å². The van der Waals surface area contributed by atoms with Crippen LogP contribution in [0.1, 0.15) is 36.7 Å². The van der Waals surface area contributed by atoms with E-state index in [-0.39, 0.29) is 0 Å². The molecule has 0 radical (unpaired) electrons. The Morgan fingerprint density at radius 2 is 2.00 bits per heavy atom. The van der Waals surface area contributed by atoms with Crippen molar-refractivity contribution in [2.24, 2.45) is 0 Å². The van der Waals surface area contributed by atoms with Gasteiger partial charge >= 0.3 is 0 Å². The largest absolute Gasteiger partial charge is 0.282 e. The summed E-state index contributed by atoms with van der Waals surface area (Å²) < 4.78 is 26.9. The summed E-state index contributed by atoms with van der Waals surface area (Å²) in [4.78, 5) is 4.55. The van der Waals surface area contributed by atoms with Gasteiger partial charge in [0, 0.05) is 38.1 Å². The Morgan fingerprint density at radius 1 is 1.32 bits per heavy atom. The maximum atomic E-state index is 12.0. The molecule has 1 aliphatic heterocycles. The minimum Gasteiger partial charge on any atom is -0.258 e. The van der Waals surface area contributed by atoms with Gasteiger partial charge in [-0.15, -0.1) is 0 Å². The molecule has 0 aliphatic carbocycles. The van der Waals surface area contributed by atoms with Crippen molar-refractivity contribution in [1.82, 2.24) is 13.6 Å². The second kappa shape index (κ2) is 5.19. The molecule has 0 unspecified atom stereocenters. The molecule has 0 atom stereocenters.